The summed E-state index contributed by atoms with van der Waals surface area (Å²) in [5.41, 5.74) is 2.90. The minimum Gasteiger partial charge on any atom is -0.508 e. The molecule has 25 heavy (non-hydrogen) atoms. The summed E-state index contributed by atoms with van der Waals surface area (Å²) >= 11 is 0. The molecule has 0 saturated carbocycles. The van der Waals surface area contributed by atoms with Crippen molar-refractivity contribution in [3.8, 4) is 5.75 Å². The molecule has 0 radical (unpaired) electrons. The van der Waals surface area contributed by atoms with Crippen LogP contribution >= 0.6 is 0 Å². The van der Waals surface area contributed by atoms with E-state index in [9.17, 15) is 9.90 Å². The second-order valence-corrected chi connectivity index (χ2v) is 8.19. The monoisotopic (exact) mass is 335 g/mol. The van der Waals surface area contributed by atoms with Crippen LogP contribution in [0.1, 0.15) is 48.7 Å². The molecule has 0 spiro atoms. The molecular weight excluding hydrogens is 310 g/mol. The molecule has 2 aromatic carbocycles. The number of hydrogen-bond acceptors (Lipinski definition) is 2. The van der Waals surface area contributed by atoms with E-state index in [-0.39, 0.29) is 22.8 Å². The Hall–Kier alpha value is -2.29. The summed E-state index contributed by atoms with van der Waals surface area (Å²) < 4.78 is 0. The molecule has 2 atom stereocenters. The number of carbonyl (C=O) groups excluding carboxylic acids is 1. The highest BCUT2D eigenvalue weighted by molar-refractivity contribution is 5.94. The summed E-state index contributed by atoms with van der Waals surface area (Å²) in [5, 5.41) is 10.4. The summed E-state index contributed by atoms with van der Waals surface area (Å²) in [4.78, 5) is 15.2. The molecule has 0 unspecified atom stereocenters. The zero-order valence-corrected chi connectivity index (χ0v) is 15.1. The van der Waals surface area contributed by atoms with Crippen molar-refractivity contribution in [1.82, 2.24) is 4.90 Å². The maximum Gasteiger partial charge on any atom is 0.254 e. The Morgan fingerprint density at radius 2 is 1.80 bits per heavy atom. The van der Waals surface area contributed by atoms with Gasteiger partial charge in [-0.2, -0.15) is 0 Å². The van der Waals surface area contributed by atoms with Gasteiger partial charge in [0.15, 0.2) is 0 Å². The van der Waals surface area contributed by atoms with Crippen molar-refractivity contribution in [1.29, 1.82) is 0 Å². The average Bonchev–Trinajstić information content (AvgIpc) is 2.59. The van der Waals surface area contributed by atoms with Crippen LogP contribution in [0.2, 0.25) is 0 Å². The Morgan fingerprint density at radius 1 is 1.08 bits per heavy atom. The number of carbonyl (C=O) groups is 1. The summed E-state index contributed by atoms with van der Waals surface area (Å²) in [6.45, 7) is 7.60. The first-order valence-electron chi connectivity index (χ1n) is 9.03. The van der Waals surface area contributed by atoms with E-state index in [1.807, 2.05) is 41.3 Å². The largest absolute Gasteiger partial charge is 0.508 e. The number of nitrogens with zero attached hydrogens (tertiary/aromatic N) is 1. The van der Waals surface area contributed by atoms with Crippen LogP contribution in [-0.4, -0.2) is 28.5 Å². The van der Waals surface area contributed by atoms with Crippen molar-refractivity contribution in [2.45, 2.75) is 45.1 Å². The van der Waals surface area contributed by atoms with E-state index in [0.29, 0.717) is 12.2 Å². The minimum absolute atomic E-state index is 0.0442. The lowest BCUT2D eigenvalue weighted by Gasteiger charge is -2.60. The Kier molecular flexibility index (Phi) is 3.47. The van der Waals surface area contributed by atoms with Gasteiger partial charge in [-0.05, 0) is 47.6 Å². The molecular formula is C22H25NO2. The molecule has 2 bridgehead atoms. The number of aromatic hydroxyl groups is 1. The van der Waals surface area contributed by atoms with E-state index in [1.165, 1.54) is 5.56 Å². The van der Waals surface area contributed by atoms with Gasteiger partial charge in [0.25, 0.3) is 5.91 Å². The maximum absolute atomic E-state index is 13.2. The fourth-order valence-corrected chi connectivity index (χ4v) is 4.92. The van der Waals surface area contributed by atoms with Gasteiger partial charge in [-0.25, -0.2) is 0 Å². The number of phenolic OH excluding ortho intramolecular Hbond substituents is 1. The van der Waals surface area contributed by atoms with Crippen molar-refractivity contribution in [2.75, 3.05) is 6.54 Å². The molecule has 1 fully saturated rings. The van der Waals surface area contributed by atoms with Gasteiger partial charge in [-0.1, -0.05) is 51.1 Å². The predicted molar refractivity (Wildman–Crippen MR) is 98.8 cm³/mol. The molecule has 3 nitrogen and oxygen atoms in total. The van der Waals surface area contributed by atoms with Crippen molar-refractivity contribution < 1.29 is 9.90 Å². The number of benzene rings is 2. The van der Waals surface area contributed by atoms with Crippen LogP contribution in [0.15, 0.2) is 48.5 Å². The number of likely N-dealkylation sites (tertiary alicyclic amines) is 1. The Bertz CT molecular complexity index is 827. The van der Waals surface area contributed by atoms with E-state index in [1.54, 1.807) is 6.07 Å². The summed E-state index contributed by atoms with van der Waals surface area (Å²) in [6, 6.07) is 15.5. The first kappa shape index (κ1) is 16.2. The van der Waals surface area contributed by atoms with Gasteiger partial charge in [0.2, 0.25) is 0 Å². The smallest absolute Gasteiger partial charge is 0.254 e. The number of amides is 1. The van der Waals surface area contributed by atoms with Crippen LogP contribution in [0.4, 0.5) is 0 Å². The molecule has 130 valence electrons. The first-order chi connectivity index (χ1) is 11.9. The van der Waals surface area contributed by atoms with Crippen LogP contribution in [0.3, 0.4) is 0 Å². The fourth-order valence-electron chi connectivity index (χ4n) is 4.92. The van der Waals surface area contributed by atoms with Gasteiger partial charge in [0, 0.05) is 23.6 Å². The first-order valence-corrected chi connectivity index (χ1v) is 9.03. The van der Waals surface area contributed by atoms with Gasteiger partial charge in [0.05, 0.1) is 0 Å². The minimum atomic E-state index is -0.0590. The number of piperidine rings is 1. The summed E-state index contributed by atoms with van der Waals surface area (Å²) in [5.74, 6) is 0.456. The van der Waals surface area contributed by atoms with Gasteiger partial charge in [0.1, 0.15) is 5.75 Å². The zero-order chi connectivity index (χ0) is 17.8. The van der Waals surface area contributed by atoms with Gasteiger partial charge in [-0.3, -0.25) is 4.79 Å². The molecule has 1 aliphatic heterocycles. The van der Waals surface area contributed by atoms with Crippen molar-refractivity contribution in [2.24, 2.45) is 5.41 Å². The van der Waals surface area contributed by atoms with Crippen molar-refractivity contribution >= 4 is 5.91 Å². The summed E-state index contributed by atoms with van der Waals surface area (Å²) in [6.07, 6.45) is 1.62. The van der Waals surface area contributed by atoms with Crippen molar-refractivity contribution in [3.05, 3.63) is 65.2 Å². The van der Waals surface area contributed by atoms with E-state index in [4.69, 9.17) is 0 Å². The number of phenols is 1. The topological polar surface area (TPSA) is 40.5 Å². The second kappa shape index (κ2) is 5.35. The maximum atomic E-state index is 13.2. The van der Waals surface area contributed by atoms with Crippen LogP contribution in [0.5, 0.6) is 5.75 Å². The second-order valence-electron chi connectivity index (χ2n) is 8.19. The molecule has 1 heterocycles. The lowest BCUT2D eigenvalue weighted by atomic mass is 9.51. The number of fused-ring (bicyclic) bond motifs is 4. The van der Waals surface area contributed by atoms with E-state index in [0.717, 1.165) is 24.1 Å². The normalized spacial score (nSPS) is 26.8. The van der Waals surface area contributed by atoms with Gasteiger partial charge in [-0.15, -0.1) is 0 Å². The Morgan fingerprint density at radius 3 is 2.52 bits per heavy atom. The van der Waals surface area contributed by atoms with Gasteiger partial charge < -0.3 is 10.0 Å². The highest BCUT2D eigenvalue weighted by Gasteiger charge is 2.57. The molecule has 1 saturated heterocycles. The quantitative estimate of drug-likeness (QED) is 0.850. The predicted octanol–water partition coefficient (Wildman–Crippen LogP) is 4.15. The Labute approximate surface area is 149 Å². The molecule has 0 aromatic heterocycles. The van der Waals surface area contributed by atoms with Crippen LogP contribution in [-0.2, 0) is 11.8 Å². The summed E-state index contributed by atoms with van der Waals surface area (Å²) in [7, 11) is 0. The molecule has 1 N–H and O–H groups in total. The molecule has 2 aromatic rings. The van der Waals surface area contributed by atoms with Crippen LogP contribution < -0.4 is 0 Å². The SMILES string of the molecule is CC1(C)[C@H]2Cc3c(O)cccc3[C@@]1(C)CCN2C(=O)c1ccccc1. The third-order valence-corrected chi connectivity index (χ3v) is 6.91. The third-order valence-electron chi connectivity index (χ3n) is 6.91. The number of hydrogen-bond donors (Lipinski definition) is 1. The third kappa shape index (κ3) is 2.14. The molecule has 1 aliphatic carbocycles. The number of rotatable bonds is 1. The lowest BCUT2D eigenvalue weighted by molar-refractivity contribution is -0.0266. The van der Waals surface area contributed by atoms with Gasteiger partial charge >= 0.3 is 0 Å². The average molecular weight is 335 g/mol. The fraction of sp³-hybridized carbons (Fsp3) is 0.409. The molecule has 1 amide bonds. The molecule has 2 aliphatic rings. The zero-order valence-electron chi connectivity index (χ0n) is 15.1. The van der Waals surface area contributed by atoms with E-state index >= 15 is 0 Å². The van der Waals surface area contributed by atoms with E-state index in [2.05, 4.69) is 26.8 Å². The molecule has 3 heteroatoms. The van der Waals surface area contributed by atoms with E-state index < -0.39 is 0 Å². The van der Waals surface area contributed by atoms with Crippen molar-refractivity contribution in [3.63, 3.8) is 0 Å². The van der Waals surface area contributed by atoms with Crippen LogP contribution in [0.25, 0.3) is 0 Å². The van der Waals surface area contributed by atoms with Crippen LogP contribution in [0, 0.1) is 5.41 Å². The highest BCUT2D eigenvalue weighted by atomic mass is 16.3. The standard InChI is InChI=1S/C22H25NO2/c1-21(2)19-14-16-17(10-7-11-18(16)24)22(21,3)12-13-23(19)20(25)15-8-5-4-6-9-15/h4-11,19,24H,12-14H2,1-3H3/t19-,22-/m1/s1. The molecule has 4 rings (SSSR count). The lowest BCUT2D eigenvalue weighted by Crippen LogP contribution is -2.64. The Balaban J connectivity index is 1.81. The highest BCUT2D eigenvalue weighted by Crippen LogP contribution is 2.57.